The van der Waals surface area contributed by atoms with Crippen molar-refractivity contribution in [1.82, 2.24) is 5.32 Å². The molecule has 0 radical (unpaired) electrons. The second-order valence-corrected chi connectivity index (χ2v) is 8.71. The highest BCUT2D eigenvalue weighted by molar-refractivity contribution is 8.00. The van der Waals surface area contributed by atoms with Gasteiger partial charge in [-0.15, -0.1) is 0 Å². The van der Waals surface area contributed by atoms with Crippen molar-refractivity contribution in [2.75, 3.05) is 12.8 Å². The van der Waals surface area contributed by atoms with Gasteiger partial charge in [0.15, 0.2) is 0 Å². The summed E-state index contributed by atoms with van der Waals surface area (Å²) < 4.78 is 0.508. The van der Waals surface area contributed by atoms with Gasteiger partial charge in [-0.05, 0) is 39.0 Å². The van der Waals surface area contributed by atoms with Gasteiger partial charge >= 0.3 is 0 Å². The summed E-state index contributed by atoms with van der Waals surface area (Å²) in [6.07, 6.45) is 18.6. The van der Waals surface area contributed by atoms with Gasteiger partial charge in [-0.3, -0.25) is 0 Å². The average Bonchev–Trinajstić information content (AvgIpc) is 2.92. The van der Waals surface area contributed by atoms with E-state index < -0.39 is 0 Å². The Kier molecular flexibility index (Phi) is 10.9. The van der Waals surface area contributed by atoms with Crippen LogP contribution < -0.4 is 5.32 Å². The molecule has 1 nitrogen and oxygen atoms in total. The van der Waals surface area contributed by atoms with Crippen LogP contribution in [-0.2, 0) is 0 Å². The van der Waals surface area contributed by atoms with Gasteiger partial charge < -0.3 is 5.32 Å². The summed E-state index contributed by atoms with van der Waals surface area (Å²) in [7, 11) is 2.16. The summed E-state index contributed by atoms with van der Waals surface area (Å²) in [4.78, 5) is 0. The third kappa shape index (κ3) is 7.93. The van der Waals surface area contributed by atoms with Gasteiger partial charge in [-0.25, -0.2) is 0 Å². The van der Waals surface area contributed by atoms with E-state index in [0.29, 0.717) is 4.75 Å². The molecule has 2 atom stereocenters. The number of hydrogen-bond donors (Lipinski definition) is 1. The van der Waals surface area contributed by atoms with E-state index in [1.54, 1.807) is 0 Å². The fourth-order valence-corrected chi connectivity index (χ4v) is 5.15. The molecule has 0 amide bonds. The summed E-state index contributed by atoms with van der Waals surface area (Å²) in [5, 5.41) is 3.59. The zero-order chi connectivity index (χ0) is 15.4. The second-order valence-electron chi connectivity index (χ2n) is 7.08. The molecule has 0 aliphatic carbocycles. The van der Waals surface area contributed by atoms with Crippen molar-refractivity contribution in [2.45, 2.75) is 108 Å². The smallest absolute Gasteiger partial charge is 0.0285 e. The molecule has 0 aromatic carbocycles. The van der Waals surface area contributed by atoms with Crippen molar-refractivity contribution in [3.05, 3.63) is 0 Å². The van der Waals surface area contributed by atoms with Crippen molar-refractivity contribution in [3.63, 3.8) is 0 Å². The molecule has 0 spiro atoms. The Balaban J connectivity index is 1.95. The third-order valence-corrected chi connectivity index (χ3v) is 6.82. The molecule has 0 saturated carbocycles. The van der Waals surface area contributed by atoms with Gasteiger partial charge in [0.1, 0.15) is 0 Å². The minimum absolute atomic E-state index is 0.508. The first-order valence-electron chi connectivity index (χ1n) is 9.54. The minimum Gasteiger partial charge on any atom is -0.316 e. The SMILES string of the molecule is CCCCCCCCCCCCC(NC)C1(C)CCCS1. The standard InChI is InChI=1S/C19H39NS/c1-4-5-6-7-8-9-10-11-12-13-15-18(20-3)19(2)16-14-17-21-19/h18,20H,4-17H2,1-3H3. The van der Waals surface area contributed by atoms with Crippen LogP contribution in [0.3, 0.4) is 0 Å². The van der Waals surface area contributed by atoms with Crippen LogP contribution >= 0.6 is 11.8 Å². The van der Waals surface area contributed by atoms with Crippen LogP contribution in [0.4, 0.5) is 0 Å². The lowest BCUT2D eigenvalue weighted by Gasteiger charge is -2.33. The highest BCUT2D eigenvalue weighted by Crippen LogP contribution is 2.41. The van der Waals surface area contributed by atoms with Crippen LogP contribution in [-0.4, -0.2) is 23.6 Å². The molecular weight excluding hydrogens is 274 g/mol. The maximum absolute atomic E-state index is 3.59. The van der Waals surface area contributed by atoms with Gasteiger partial charge in [0.05, 0.1) is 0 Å². The maximum Gasteiger partial charge on any atom is 0.0285 e. The second kappa shape index (κ2) is 11.8. The van der Waals surface area contributed by atoms with Gasteiger partial charge in [0, 0.05) is 10.8 Å². The lowest BCUT2D eigenvalue weighted by molar-refractivity contribution is 0.388. The van der Waals surface area contributed by atoms with E-state index in [1.807, 2.05) is 0 Å². The number of thioether (sulfide) groups is 1. The van der Waals surface area contributed by atoms with E-state index in [9.17, 15) is 0 Å². The van der Waals surface area contributed by atoms with Gasteiger partial charge in [0.2, 0.25) is 0 Å². The zero-order valence-electron chi connectivity index (χ0n) is 14.9. The summed E-state index contributed by atoms with van der Waals surface area (Å²) in [6.45, 7) is 4.77. The lowest BCUT2D eigenvalue weighted by Crippen LogP contribution is -2.43. The fourth-order valence-electron chi connectivity index (χ4n) is 3.67. The largest absolute Gasteiger partial charge is 0.316 e. The molecule has 1 aliphatic heterocycles. The Morgan fingerprint density at radius 1 is 0.952 bits per heavy atom. The summed E-state index contributed by atoms with van der Waals surface area (Å²) in [6, 6.07) is 0.721. The molecule has 1 saturated heterocycles. The van der Waals surface area contributed by atoms with Crippen LogP contribution in [0.1, 0.15) is 97.3 Å². The first kappa shape index (κ1) is 19.4. The van der Waals surface area contributed by atoms with Crippen LogP contribution in [0, 0.1) is 0 Å². The molecule has 1 fully saturated rings. The fraction of sp³-hybridized carbons (Fsp3) is 1.00. The number of nitrogens with one attached hydrogen (secondary N) is 1. The Morgan fingerprint density at radius 3 is 2.00 bits per heavy atom. The van der Waals surface area contributed by atoms with E-state index in [4.69, 9.17) is 0 Å². The first-order valence-corrected chi connectivity index (χ1v) is 10.5. The van der Waals surface area contributed by atoms with Crippen molar-refractivity contribution in [2.24, 2.45) is 0 Å². The van der Waals surface area contributed by atoms with Crippen molar-refractivity contribution < 1.29 is 0 Å². The number of rotatable bonds is 13. The molecule has 21 heavy (non-hydrogen) atoms. The topological polar surface area (TPSA) is 12.0 Å². The van der Waals surface area contributed by atoms with E-state index >= 15 is 0 Å². The maximum atomic E-state index is 3.59. The predicted octanol–water partition coefficient (Wildman–Crippen LogP) is 6.17. The van der Waals surface area contributed by atoms with E-state index in [0.717, 1.165) is 6.04 Å². The van der Waals surface area contributed by atoms with Crippen LogP contribution in [0.2, 0.25) is 0 Å². The molecule has 0 aromatic heterocycles. The van der Waals surface area contributed by atoms with Crippen molar-refractivity contribution in [3.8, 4) is 0 Å². The number of unbranched alkanes of at least 4 members (excludes halogenated alkanes) is 9. The van der Waals surface area contributed by atoms with Crippen LogP contribution in [0.5, 0.6) is 0 Å². The molecular formula is C19H39NS. The Labute approximate surface area is 138 Å². The highest BCUT2D eigenvalue weighted by Gasteiger charge is 2.36. The van der Waals surface area contributed by atoms with Crippen molar-refractivity contribution >= 4 is 11.8 Å². The Bertz CT molecular complexity index is 236. The molecule has 0 aromatic rings. The van der Waals surface area contributed by atoms with Crippen LogP contribution in [0.15, 0.2) is 0 Å². The Hall–Kier alpha value is 0.310. The molecule has 2 unspecified atom stereocenters. The molecule has 1 rings (SSSR count). The predicted molar refractivity (Wildman–Crippen MR) is 99.4 cm³/mol. The lowest BCUT2D eigenvalue weighted by atomic mass is 9.91. The van der Waals surface area contributed by atoms with E-state index in [1.165, 1.54) is 89.2 Å². The quantitative estimate of drug-likeness (QED) is 0.408. The zero-order valence-corrected chi connectivity index (χ0v) is 15.7. The Morgan fingerprint density at radius 2 is 1.52 bits per heavy atom. The molecule has 2 heteroatoms. The molecule has 0 bridgehead atoms. The number of hydrogen-bond acceptors (Lipinski definition) is 2. The van der Waals surface area contributed by atoms with E-state index in [2.05, 4.69) is 38.0 Å². The van der Waals surface area contributed by atoms with Crippen LogP contribution in [0.25, 0.3) is 0 Å². The highest BCUT2D eigenvalue weighted by atomic mass is 32.2. The van der Waals surface area contributed by atoms with Gasteiger partial charge in [-0.2, -0.15) is 11.8 Å². The normalized spacial score (nSPS) is 23.6. The van der Waals surface area contributed by atoms with Gasteiger partial charge in [0.25, 0.3) is 0 Å². The third-order valence-electron chi connectivity index (χ3n) is 5.18. The molecule has 1 heterocycles. The summed E-state index contributed by atoms with van der Waals surface area (Å²) in [5.74, 6) is 1.37. The molecule has 1 aliphatic rings. The van der Waals surface area contributed by atoms with Crippen molar-refractivity contribution in [1.29, 1.82) is 0 Å². The minimum atomic E-state index is 0.508. The van der Waals surface area contributed by atoms with Gasteiger partial charge in [-0.1, -0.05) is 71.1 Å². The van der Waals surface area contributed by atoms with E-state index in [-0.39, 0.29) is 0 Å². The molecule has 1 N–H and O–H groups in total. The first-order chi connectivity index (χ1) is 10.2. The molecule has 126 valence electrons. The summed E-state index contributed by atoms with van der Waals surface area (Å²) >= 11 is 2.20. The monoisotopic (exact) mass is 313 g/mol. The average molecular weight is 314 g/mol. The summed E-state index contributed by atoms with van der Waals surface area (Å²) in [5.41, 5.74) is 0.